The van der Waals surface area contributed by atoms with Crippen molar-refractivity contribution < 1.29 is 14.0 Å². The fourth-order valence-electron chi connectivity index (χ4n) is 1.59. The Morgan fingerprint density at radius 2 is 2.05 bits per heavy atom. The number of nitrogens with zero attached hydrogens (tertiary/aromatic N) is 3. The molecule has 2 heterocycles. The molecule has 1 N–H and O–H groups in total. The second kappa shape index (κ2) is 4.49. The van der Waals surface area contributed by atoms with E-state index in [4.69, 9.17) is 4.52 Å². The van der Waals surface area contributed by atoms with Gasteiger partial charge in [-0.2, -0.15) is 4.98 Å². The van der Waals surface area contributed by atoms with Gasteiger partial charge in [-0.05, 0) is 30.3 Å². The van der Waals surface area contributed by atoms with Crippen LogP contribution in [-0.2, 0) is 0 Å². The first-order valence-electron chi connectivity index (χ1n) is 5.47. The fourth-order valence-corrected chi connectivity index (χ4v) is 1.59. The summed E-state index contributed by atoms with van der Waals surface area (Å²) in [6.45, 7) is 0. The van der Waals surface area contributed by atoms with Crippen LogP contribution in [0.3, 0.4) is 0 Å². The monoisotopic (exact) mass is 257 g/mol. The standard InChI is InChI=1S/C13H8FN3O2/c14-9-4-5-11(15-7-9)12-16-13(19-17-12)8-2-1-3-10(18)6-8/h1-7,18H. The van der Waals surface area contributed by atoms with Gasteiger partial charge in [-0.1, -0.05) is 11.2 Å². The third kappa shape index (κ3) is 2.28. The van der Waals surface area contributed by atoms with Crippen molar-refractivity contribution in [2.45, 2.75) is 0 Å². The highest BCUT2D eigenvalue weighted by molar-refractivity contribution is 5.58. The maximum absolute atomic E-state index is 12.8. The molecule has 0 fully saturated rings. The quantitative estimate of drug-likeness (QED) is 0.764. The van der Waals surface area contributed by atoms with E-state index < -0.39 is 5.82 Å². The van der Waals surface area contributed by atoms with Crippen molar-refractivity contribution in [3.8, 4) is 28.7 Å². The van der Waals surface area contributed by atoms with Gasteiger partial charge in [0.15, 0.2) is 0 Å². The first-order valence-corrected chi connectivity index (χ1v) is 5.47. The van der Waals surface area contributed by atoms with Crippen molar-refractivity contribution in [1.29, 1.82) is 0 Å². The summed E-state index contributed by atoms with van der Waals surface area (Å²) in [7, 11) is 0. The van der Waals surface area contributed by atoms with Crippen molar-refractivity contribution in [1.82, 2.24) is 15.1 Å². The molecule has 0 radical (unpaired) electrons. The summed E-state index contributed by atoms with van der Waals surface area (Å²) in [5.41, 5.74) is 1.01. The SMILES string of the molecule is Oc1cccc(-c2nc(-c3ccc(F)cn3)no2)c1. The molecule has 0 saturated heterocycles. The van der Waals surface area contributed by atoms with Gasteiger partial charge < -0.3 is 9.63 Å². The smallest absolute Gasteiger partial charge is 0.258 e. The van der Waals surface area contributed by atoms with Crippen LogP contribution in [0.25, 0.3) is 23.0 Å². The number of aromatic hydroxyl groups is 1. The van der Waals surface area contributed by atoms with E-state index in [0.29, 0.717) is 11.3 Å². The number of halogens is 1. The number of phenolic OH excluding ortho intramolecular Hbond substituents is 1. The minimum Gasteiger partial charge on any atom is -0.508 e. The summed E-state index contributed by atoms with van der Waals surface area (Å²) < 4.78 is 17.8. The van der Waals surface area contributed by atoms with E-state index in [0.717, 1.165) is 6.20 Å². The van der Waals surface area contributed by atoms with Crippen LogP contribution in [0.2, 0.25) is 0 Å². The van der Waals surface area contributed by atoms with E-state index in [-0.39, 0.29) is 17.5 Å². The van der Waals surface area contributed by atoms with Crippen LogP contribution < -0.4 is 0 Å². The molecule has 0 saturated carbocycles. The molecule has 94 valence electrons. The number of hydrogen-bond acceptors (Lipinski definition) is 5. The van der Waals surface area contributed by atoms with Gasteiger partial charge in [-0.15, -0.1) is 0 Å². The zero-order chi connectivity index (χ0) is 13.2. The van der Waals surface area contributed by atoms with Crippen molar-refractivity contribution in [2.75, 3.05) is 0 Å². The molecular weight excluding hydrogens is 249 g/mol. The Morgan fingerprint density at radius 1 is 1.16 bits per heavy atom. The van der Waals surface area contributed by atoms with Crippen molar-refractivity contribution in [2.24, 2.45) is 0 Å². The average molecular weight is 257 g/mol. The average Bonchev–Trinajstić information content (AvgIpc) is 2.89. The molecule has 3 rings (SSSR count). The summed E-state index contributed by atoms with van der Waals surface area (Å²) in [5.74, 6) is 0.202. The topological polar surface area (TPSA) is 72.0 Å². The summed E-state index contributed by atoms with van der Waals surface area (Å²) in [5, 5.41) is 13.2. The lowest BCUT2D eigenvalue weighted by molar-refractivity contribution is 0.431. The van der Waals surface area contributed by atoms with Gasteiger partial charge in [0.05, 0.1) is 6.20 Å². The highest BCUT2D eigenvalue weighted by Crippen LogP contribution is 2.23. The Kier molecular flexibility index (Phi) is 2.68. The third-order valence-electron chi connectivity index (χ3n) is 2.48. The van der Waals surface area contributed by atoms with Crippen LogP contribution in [0, 0.1) is 5.82 Å². The van der Waals surface area contributed by atoms with Gasteiger partial charge in [-0.3, -0.25) is 0 Å². The Bertz CT molecular complexity index is 710. The van der Waals surface area contributed by atoms with Crippen molar-refractivity contribution >= 4 is 0 Å². The van der Waals surface area contributed by atoms with Gasteiger partial charge in [0, 0.05) is 5.56 Å². The van der Waals surface area contributed by atoms with Crippen LogP contribution in [0.1, 0.15) is 0 Å². The highest BCUT2D eigenvalue weighted by atomic mass is 19.1. The number of rotatable bonds is 2. The molecule has 3 aromatic rings. The molecular formula is C13H8FN3O2. The van der Waals surface area contributed by atoms with Crippen LogP contribution in [-0.4, -0.2) is 20.2 Å². The van der Waals surface area contributed by atoms with E-state index in [2.05, 4.69) is 15.1 Å². The molecule has 19 heavy (non-hydrogen) atoms. The maximum atomic E-state index is 12.8. The maximum Gasteiger partial charge on any atom is 0.258 e. The van der Waals surface area contributed by atoms with Gasteiger partial charge in [-0.25, -0.2) is 9.37 Å². The van der Waals surface area contributed by atoms with Crippen LogP contribution >= 0.6 is 0 Å². The lowest BCUT2D eigenvalue weighted by Gasteiger charge is -1.94. The van der Waals surface area contributed by atoms with Gasteiger partial charge >= 0.3 is 0 Å². The van der Waals surface area contributed by atoms with E-state index in [9.17, 15) is 9.50 Å². The third-order valence-corrected chi connectivity index (χ3v) is 2.48. The summed E-state index contributed by atoms with van der Waals surface area (Å²) in [6.07, 6.45) is 1.08. The second-order valence-corrected chi connectivity index (χ2v) is 3.84. The zero-order valence-electron chi connectivity index (χ0n) is 9.62. The van der Waals surface area contributed by atoms with Crippen LogP contribution in [0.5, 0.6) is 5.75 Å². The fraction of sp³-hybridized carbons (Fsp3) is 0. The number of pyridine rings is 1. The summed E-state index contributed by atoms with van der Waals surface area (Å²) >= 11 is 0. The number of aromatic nitrogens is 3. The molecule has 0 spiro atoms. The molecule has 2 aromatic heterocycles. The largest absolute Gasteiger partial charge is 0.508 e. The lowest BCUT2D eigenvalue weighted by atomic mass is 10.2. The van der Waals surface area contributed by atoms with Gasteiger partial charge in [0.25, 0.3) is 5.89 Å². The molecule has 1 aromatic carbocycles. The predicted octanol–water partition coefficient (Wildman–Crippen LogP) is 2.64. The van der Waals surface area contributed by atoms with E-state index in [1.54, 1.807) is 18.2 Å². The lowest BCUT2D eigenvalue weighted by Crippen LogP contribution is -1.86. The zero-order valence-corrected chi connectivity index (χ0v) is 9.62. The molecule has 0 aliphatic carbocycles. The number of hydrogen-bond donors (Lipinski definition) is 1. The van der Waals surface area contributed by atoms with Crippen LogP contribution in [0.15, 0.2) is 47.1 Å². The Balaban J connectivity index is 1.97. The van der Waals surface area contributed by atoms with Gasteiger partial charge in [0.2, 0.25) is 5.82 Å². The first kappa shape index (κ1) is 11.3. The van der Waals surface area contributed by atoms with Crippen molar-refractivity contribution in [3.63, 3.8) is 0 Å². The van der Waals surface area contributed by atoms with Crippen molar-refractivity contribution in [3.05, 3.63) is 48.4 Å². The Morgan fingerprint density at radius 3 is 2.79 bits per heavy atom. The summed E-state index contributed by atoms with van der Waals surface area (Å²) in [6, 6.07) is 9.19. The molecule has 0 atom stereocenters. The predicted molar refractivity (Wildman–Crippen MR) is 64.6 cm³/mol. The number of benzene rings is 1. The molecule has 0 unspecified atom stereocenters. The second-order valence-electron chi connectivity index (χ2n) is 3.84. The van der Waals surface area contributed by atoms with Crippen LogP contribution in [0.4, 0.5) is 4.39 Å². The minimum atomic E-state index is -0.430. The molecule has 6 heteroatoms. The Labute approximate surface area is 107 Å². The highest BCUT2D eigenvalue weighted by Gasteiger charge is 2.11. The van der Waals surface area contributed by atoms with E-state index >= 15 is 0 Å². The number of phenols is 1. The first-order chi connectivity index (χ1) is 9.22. The normalized spacial score (nSPS) is 10.6. The van der Waals surface area contributed by atoms with E-state index in [1.807, 2.05) is 0 Å². The molecule has 0 aliphatic heterocycles. The Hall–Kier alpha value is -2.76. The molecule has 5 nitrogen and oxygen atoms in total. The van der Waals surface area contributed by atoms with E-state index in [1.165, 1.54) is 18.2 Å². The minimum absolute atomic E-state index is 0.108. The molecule has 0 bridgehead atoms. The molecule has 0 amide bonds. The van der Waals surface area contributed by atoms with Gasteiger partial charge in [0.1, 0.15) is 17.3 Å². The molecule has 0 aliphatic rings. The summed E-state index contributed by atoms with van der Waals surface area (Å²) in [4.78, 5) is 8.01.